The number of nitrogens with zero attached hydrogens (tertiary/aromatic N) is 2. The van der Waals surface area contributed by atoms with Crippen molar-refractivity contribution in [1.82, 2.24) is 15.4 Å². The lowest BCUT2D eigenvalue weighted by Gasteiger charge is -2.16. The van der Waals surface area contributed by atoms with Crippen molar-refractivity contribution in [3.05, 3.63) is 78.0 Å². The monoisotopic (exact) mass is 347 g/mol. The Morgan fingerprint density at radius 2 is 1.85 bits per heavy atom. The highest BCUT2D eigenvalue weighted by Crippen LogP contribution is 2.23. The average molecular weight is 347 g/mol. The third-order valence-corrected chi connectivity index (χ3v) is 4.71. The van der Waals surface area contributed by atoms with Crippen LogP contribution in [0, 0.1) is 0 Å². The molecular weight excluding hydrogens is 326 g/mol. The van der Waals surface area contributed by atoms with Gasteiger partial charge in [0.2, 0.25) is 0 Å². The Kier molecular flexibility index (Phi) is 4.80. The molecule has 1 atom stereocenters. The lowest BCUT2D eigenvalue weighted by molar-refractivity contribution is 0.0938. The number of rotatable bonds is 5. The standard InChI is InChI=1S/C21H21N3O2/c25-21(19-13-22-26-20(19)17-9-5-2-6-10-17)23-18-11-12-24(15-18)14-16-7-3-1-4-8-16/h1-10,13,18H,11-12,14-15H2,(H,23,25)/t18-/m0/s1. The molecule has 0 bridgehead atoms. The normalized spacial score (nSPS) is 17.3. The van der Waals surface area contributed by atoms with E-state index in [1.165, 1.54) is 11.8 Å². The molecule has 0 saturated carbocycles. The van der Waals surface area contributed by atoms with Crippen LogP contribution in [0.2, 0.25) is 0 Å². The summed E-state index contributed by atoms with van der Waals surface area (Å²) in [7, 11) is 0. The maximum atomic E-state index is 12.7. The van der Waals surface area contributed by atoms with E-state index in [4.69, 9.17) is 4.52 Å². The van der Waals surface area contributed by atoms with Gasteiger partial charge in [-0.15, -0.1) is 0 Å². The van der Waals surface area contributed by atoms with Crippen LogP contribution in [0.3, 0.4) is 0 Å². The van der Waals surface area contributed by atoms with E-state index in [2.05, 4.69) is 39.6 Å². The molecule has 1 aromatic heterocycles. The number of hydrogen-bond acceptors (Lipinski definition) is 4. The molecule has 1 aliphatic heterocycles. The first-order valence-corrected chi connectivity index (χ1v) is 8.87. The molecule has 0 spiro atoms. The van der Waals surface area contributed by atoms with Gasteiger partial charge in [-0.2, -0.15) is 0 Å². The Hall–Kier alpha value is -2.92. The van der Waals surface area contributed by atoms with Gasteiger partial charge >= 0.3 is 0 Å². The summed E-state index contributed by atoms with van der Waals surface area (Å²) in [5, 5.41) is 6.95. The predicted molar refractivity (Wildman–Crippen MR) is 99.5 cm³/mol. The van der Waals surface area contributed by atoms with E-state index < -0.39 is 0 Å². The molecule has 0 radical (unpaired) electrons. The number of likely N-dealkylation sites (tertiary alicyclic amines) is 1. The maximum absolute atomic E-state index is 12.7. The van der Waals surface area contributed by atoms with Crippen molar-refractivity contribution < 1.29 is 9.32 Å². The largest absolute Gasteiger partial charge is 0.355 e. The van der Waals surface area contributed by atoms with Crippen LogP contribution in [0.15, 0.2) is 71.4 Å². The van der Waals surface area contributed by atoms with Gasteiger partial charge in [0.15, 0.2) is 5.76 Å². The fraction of sp³-hybridized carbons (Fsp3) is 0.238. The van der Waals surface area contributed by atoms with Crippen molar-refractivity contribution in [2.45, 2.75) is 19.0 Å². The molecule has 0 aliphatic carbocycles. The van der Waals surface area contributed by atoms with Gasteiger partial charge in [-0.25, -0.2) is 0 Å². The van der Waals surface area contributed by atoms with Crippen LogP contribution < -0.4 is 5.32 Å². The smallest absolute Gasteiger partial charge is 0.257 e. The van der Waals surface area contributed by atoms with Crippen LogP contribution in [0.1, 0.15) is 22.3 Å². The fourth-order valence-corrected chi connectivity index (χ4v) is 3.40. The zero-order valence-corrected chi connectivity index (χ0v) is 14.5. The molecule has 4 rings (SSSR count). The number of carbonyl (C=O) groups is 1. The van der Waals surface area contributed by atoms with E-state index in [0.717, 1.165) is 31.6 Å². The van der Waals surface area contributed by atoms with E-state index in [1.807, 2.05) is 36.4 Å². The second kappa shape index (κ2) is 7.54. The van der Waals surface area contributed by atoms with E-state index in [9.17, 15) is 4.79 Å². The highest BCUT2D eigenvalue weighted by molar-refractivity contribution is 5.99. The van der Waals surface area contributed by atoms with Crippen molar-refractivity contribution in [3.8, 4) is 11.3 Å². The Balaban J connectivity index is 1.38. The minimum absolute atomic E-state index is 0.128. The molecule has 132 valence electrons. The number of amides is 1. The lowest BCUT2D eigenvalue weighted by atomic mass is 10.1. The summed E-state index contributed by atoms with van der Waals surface area (Å²) >= 11 is 0. The van der Waals surface area contributed by atoms with Crippen LogP contribution in [-0.2, 0) is 6.54 Å². The van der Waals surface area contributed by atoms with Crippen molar-refractivity contribution in [1.29, 1.82) is 0 Å². The second-order valence-electron chi connectivity index (χ2n) is 6.61. The summed E-state index contributed by atoms with van der Waals surface area (Å²) in [6, 6.07) is 20.1. The van der Waals surface area contributed by atoms with E-state index >= 15 is 0 Å². The van der Waals surface area contributed by atoms with Crippen LogP contribution in [0.25, 0.3) is 11.3 Å². The number of carbonyl (C=O) groups excluding carboxylic acids is 1. The lowest BCUT2D eigenvalue weighted by Crippen LogP contribution is -2.37. The van der Waals surface area contributed by atoms with Crippen molar-refractivity contribution >= 4 is 5.91 Å². The van der Waals surface area contributed by atoms with Gasteiger partial charge in [-0.1, -0.05) is 65.8 Å². The summed E-state index contributed by atoms with van der Waals surface area (Å²) in [5.74, 6) is 0.388. The summed E-state index contributed by atoms with van der Waals surface area (Å²) in [6.07, 6.45) is 2.44. The first-order valence-electron chi connectivity index (χ1n) is 8.87. The van der Waals surface area contributed by atoms with Gasteiger partial charge in [0.1, 0.15) is 5.56 Å². The van der Waals surface area contributed by atoms with E-state index in [0.29, 0.717) is 11.3 Å². The van der Waals surface area contributed by atoms with Gasteiger partial charge in [-0.3, -0.25) is 9.69 Å². The Bertz CT molecular complexity index is 861. The molecular formula is C21H21N3O2. The molecule has 2 aromatic carbocycles. The molecule has 1 N–H and O–H groups in total. The average Bonchev–Trinajstić information content (AvgIpc) is 3.33. The fourth-order valence-electron chi connectivity index (χ4n) is 3.40. The summed E-state index contributed by atoms with van der Waals surface area (Å²) in [5.41, 5.74) is 2.63. The van der Waals surface area contributed by atoms with Gasteiger partial charge < -0.3 is 9.84 Å². The van der Waals surface area contributed by atoms with E-state index in [-0.39, 0.29) is 11.9 Å². The van der Waals surface area contributed by atoms with Gasteiger partial charge in [0.05, 0.1) is 6.20 Å². The summed E-state index contributed by atoms with van der Waals surface area (Å²) in [4.78, 5) is 15.1. The van der Waals surface area contributed by atoms with Crippen molar-refractivity contribution in [2.24, 2.45) is 0 Å². The second-order valence-corrected chi connectivity index (χ2v) is 6.61. The highest BCUT2D eigenvalue weighted by Gasteiger charge is 2.26. The minimum atomic E-state index is -0.128. The topological polar surface area (TPSA) is 58.4 Å². The Labute approximate surface area is 152 Å². The third kappa shape index (κ3) is 3.68. The van der Waals surface area contributed by atoms with Crippen molar-refractivity contribution in [3.63, 3.8) is 0 Å². The van der Waals surface area contributed by atoms with Crippen LogP contribution >= 0.6 is 0 Å². The SMILES string of the molecule is O=C(N[C@H]1CCN(Cc2ccccc2)C1)c1cnoc1-c1ccccc1. The molecule has 3 aromatic rings. The maximum Gasteiger partial charge on any atom is 0.257 e. The van der Waals surface area contributed by atoms with E-state index in [1.54, 1.807) is 0 Å². The molecule has 26 heavy (non-hydrogen) atoms. The van der Waals surface area contributed by atoms with Crippen LogP contribution in [-0.4, -0.2) is 35.1 Å². The van der Waals surface area contributed by atoms with Gasteiger partial charge in [0.25, 0.3) is 5.91 Å². The molecule has 0 unspecified atom stereocenters. The number of benzene rings is 2. The van der Waals surface area contributed by atoms with Crippen LogP contribution in [0.5, 0.6) is 0 Å². The zero-order chi connectivity index (χ0) is 17.8. The molecule has 1 saturated heterocycles. The Morgan fingerprint density at radius 1 is 1.12 bits per heavy atom. The zero-order valence-electron chi connectivity index (χ0n) is 14.5. The summed E-state index contributed by atoms with van der Waals surface area (Å²) < 4.78 is 5.32. The van der Waals surface area contributed by atoms with Gasteiger partial charge in [0, 0.05) is 31.2 Å². The first-order chi connectivity index (χ1) is 12.8. The third-order valence-electron chi connectivity index (χ3n) is 4.71. The number of aromatic nitrogens is 1. The molecule has 5 heteroatoms. The van der Waals surface area contributed by atoms with Crippen LogP contribution in [0.4, 0.5) is 0 Å². The first kappa shape index (κ1) is 16.5. The number of hydrogen-bond donors (Lipinski definition) is 1. The molecule has 5 nitrogen and oxygen atoms in total. The quantitative estimate of drug-likeness (QED) is 0.769. The molecule has 2 heterocycles. The molecule has 1 amide bonds. The minimum Gasteiger partial charge on any atom is -0.355 e. The highest BCUT2D eigenvalue weighted by atomic mass is 16.5. The van der Waals surface area contributed by atoms with Crippen molar-refractivity contribution in [2.75, 3.05) is 13.1 Å². The number of nitrogens with one attached hydrogen (secondary N) is 1. The molecule has 1 fully saturated rings. The predicted octanol–water partition coefficient (Wildman–Crippen LogP) is 3.35. The molecule has 1 aliphatic rings. The Morgan fingerprint density at radius 3 is 2.62 bits per heavy atom. The summed E-state index contributed by atoms with van der Waals surface area (Å²) in [6.45, 7) is 2.75. The van der Waals surface area contributed by atoms with Gasteiger partial charge in [-0.05, 0) is 12.0 Å².